The number of carbonyl (C=O) groups excluding carboxylic acids is 4. The molecule has 4 aliphatic rings. The zero-order chi connectivity index (χ0) is 53.3. The normalized spacial score (nSPS) is 16.5. The zero-order valence-electron chi connectivity index (χ0n) is 42.2. The second-order valence-corrected chi connectivity index (χ2v) is 20.5. The van der Waals surface area contributed by atoms with Gasteiger partial charge >= 0.3 is 0 Å². The van der Waals surface area contributed by atoms with E-state index in [0.29, 0.717) is 82.5 Å². The summed E-state index contributed by atoms with van der Waals surface area (Å²) in [4.78, 5) is 63.8. The maximum Gasteiger partial charge on any atom is 0.265 e. The average molecular weight is 1110 g/mol. The quantitative estimate of drug-likeness (QED) is 0.104. The molecule has 0 bridgehead atoms. The Balaban J connectivity index is 0.000000186. The lowest BCUT2D eigenvalue weighted by Crippen LogP contribution is -2.48. The number of hydrogen-bond acceptors (Lipinski definition) is 10. The van der Waals surface area contributed by atoms with E-state index < -0.39 is 0 Å². The summed E-state index contributed by atoms with van der Waals surface area (Å²) in [6, 6.07) is 42.9. The molecular weight excluding hydrogens is 1050 g/mol. The Kier molecular flexibility index (Phi) is 18.2. The van der Waals surface area contributed by atoms with E-state index in [4.69, 9.17) is 65.4 Å². The van der Waals surface area contributed by atoms with Crippen molar-refractivity contribution < 1.29 is 38.1 Å². The van der Waals surface area contributed by atoms with Crippen LogP contribution in [0.3, 0.4) is 0 Å². The number of anilines is 2. The molecule has 76 heavy (non-hydrogen) atoms. The molecule has 396 valence electrons. The van der Waals surface area contributed by atoms with Crippen LogP contribution in [0.4, 0.5) is 11.4 Å². The summed E-state index contributed by atoms with van der Waals surface area (Å²) >= 11 is 24.7. The SMILES string of the molecule is CN(C(=O)CN1C(=O)COc2cc(Cl)c(Cl)cc21)[C@@H](CN1CCOCC1)c1ccc(-c2ccccc2)cc1.CN(C(=O)CN1C(=O)COc2cc(Cl)c(Cl)cc21)[C@H](CN1CCOCC1)c1ccc(-c2ccccc2)cc1. The molecule has 2 saturated heterocycles. The fraction of sp³-hybridized carbons (Fsp3) is 0.310. The number of benzene rings is 6. The molecule has 18 heteroatoms. The van der Waals surface area contributed by atoms with Gasteiger partial charge in [0.15, 0.2) is 13.2 Å². The minimum absolute atomic E-state index is 0.134. The molecule has 4 heterocycles. The molecule has 4 amide bonds. The Morgan fingerprint density at radius 1 is 0.487 bits per heavy atom. The van der Waals surface area contributed by atoms with E-state index in [1.165, 1.54) is 9.80 Å². The number of morpholine rings is 2. The number of likely N-dealkylation sites (N-methyl/N-ethyl adjacent to an activating group) is 2. The molecule has 0 aliphatic carbocycles. The van der Waals surface area contributed by atoms with Crippen LogP contribution >= 0.6 is 46.4 Å². The smallest absolute Gasteiger partial charge is 0.265 e. The van der Waals surface area contributed by atoms with Crippen LogP contribution in [0.1, 0.15) is 23.2 Å². The number of carbonyl (C=O) groups is 4. The van der Waals surface area contributed by atoms with Crippen LogP contribution < -0.4 is 19.3 Å². The van der Waals surface area contributed by atoms with E-state index in [1.54, 1.807) is 48.2 Å². The first-order chi connectivity index (χ1) is 36.8. The van der Waals surface area contributed by atoms with Crippen molar-refractivity contribution in [3.63, 3.8) is 0 Å². The second-order valence-electron chi connectivity index (χ2n) is 18.8. The minimum Gasteiger partial charge on any atom is -0.482 e. The Morgan fingerprint density at radius 3 is 1.17 bits per heavy atom. The molecule has 10 rings (SSSR count). The van der Waals surface area contributed by atoms with Gasteiger partial charge in [-0.25, -0.2) is 0 Å². The van der Waals surface area contributed by atoms with E-state index in [9.17, 15) is 19.2 Å². The van der Waals surface area contributed by atoms with Gasteiger partial charge in [0.1, 0.15) is 24.6 Å². The fourth-order valence-corrected chi connectivity index (χ4v) is 10.2. The first-order valence-electron chi connectivity index (χ1n) is 25.1. The third-order valence-electron chi connectivity index (χ3n) is 14.1. The summed E-state index contributed by atoms with van der Waals surface area (Å²) in [7, 11) is 3.58. The Labute approximate surface area is 463 Å². The molecule has 0 aromatic heterocycles. The predicted molar refractivity (Wildman–Crippen MR) is 298 cm³/mol. The molecule has 2 fully saturated rings. The van der Waals surface area contributed by atoms with E-state index in [2.05, 4.69) is 82.6 Å². The van der Waals surface area contributed by atoms with Crippen LogP contribution in [0.2, 0.25) is 20.1 Å². The van der Waals surface area contributed by atoms with Crippen molar-refractivity contribution in [2.24, 2.45) is 0 Å². The molecule has 14 nitrogen and oxygen atoms in total. The number of nitrogens with zero attached hydrogens (tertiary/aromatic N) is 6. The number of halogens is 4. The van der Waals surface area contributed by atoms with Crippen molar-refractivity contribution in [1.29, 1.82) is 0 Å². The molecular formula is C58H58Cl4N6O8. The summed E-state index contributed by atoms with van der Waals surface area (Å²) in [5.41, 5.74) is 7.42. The molecule has 2 atom stereocenters. The van der Waals surface area contributed by atoms with Gasteiger partial charge in [0.2, 0.25) is 11.8 Å². The van der Waals surface area contributed by atoms with Crippen LogP contribution in [0.15, 0.2) is 133 Å². The standard InChI is InChI=1S/2C29H29Cl2N3O4/c2*1-32(28(35)18-34-25-15-23(30)24(31)16-27(25)38-19-29(34)36)26(17-33-11-13-37-14-12-33)22-9-7-21(8-10-22)20-5-3-2-4-6-20/h2*2-10,15-16,26H,11-14,17-19H2,1H3/t2*26-/m10/s1. The topological polar surface area (TPSA) is 125 Å². The first kappa shape index (κ1) is 54.6. The highest BCUT2D eigenvalue weighted by atomic mass is 35.5. The monoisotopic (exact) mass is 1110 g/mol. The van der Waals surface area contributed by atoms with Gasteiger partial charge in [-0.15, -0.1) is 0 Å². The maximum absolute atomic E-state index is 13.7. The van der Waals surface area contributed by atoms with Gasteiger partial charge in [0.25, 0.3) is 11.8 Å². The van der Waals surface area contributed by atoms with Gasteiger partial charge in [0.05, 0.1) is 70.0 Å². The molecule has 0 spiro atoms. The van der Waals surface area contributed by atoms with E-state index >= 15 is 0 Å². The molecule has 4 aliphatic heterocycles. The van der Waals surface area contributed by atoms with Crippen molar-refractivity contribution in [2.45, 2.75) is 12.1 Å². The van der Waals surface area contributed by atoms with Crippen molar-refractivity contribution in [3.8, 4) is 33.8 Å². The Bertz CT molecular complexity index is 2800. The molecule has 6 aromatic rings. The summed E-state index contributed by atoms with van der Waals surface area (Å²) in [5, 5.41) is 1.23. The van der Waals surface area contributed by atoms with Crippen molar-refractivity contribution in [1.82, 2.24) is 19.6 Å². The van der Waals surface area contributed by atoms with Gasteiger partial charge in [-0.3, -0.25) is 38.8 Å². The highest BCUT2D eigenvalue weighted by Crippen LogP contribution is 2.41. The molecule has 0 unspecified atom stereocenters. The predicted octanol–water partition coefficient (Wildman–Crippen LogP) is 9.84. The van der Waals surface area contributed by atoms with Crippen LogP contribution in [-0.4, -0.2) is 149 Å². The van der Waals surface area contributed by atoms with Crippen molar-refractivity contribution in [2.75, 3.05) is 116 Å². The first-order valence-corrected chi connectivity index (χ1v) is 26.6. The molecule has 0 N–H and O–H groups in total. The average Bonchev–Trinajstić information content (AvgIpc) is 3.45. The third kappa shape index (κ3) is 13.1. The lowest BCUT2D eigenvalue weighted by atomic mass is 9.99. The largest absolute Gasteiger partial charge is 0.482 e. The van der Waals surface area contributed by atoms with E-state index in [0.717, 1.165) is 59.6 Å². The minimum atomic E-state index is -0.311. The van der Waals surface area contributed by atoms with Crippen molar-refractivity contribution in [3.05, 3.63) is 165 Å². The highest BCUT2D eigenvalue weighted by Gasteiger charge is 2.34. The molecule has 6 aromatic carbocycles. The second kappa shape index (κ2) is 25.3. The van der Waals surface area contributed by atoms with E-state index in [-0.39, 0.29) is 62.0 Å². The van der Waals surface area contributed by atoms with Gasteiger partial charge in [-0.1, -0.05) is 156 Å². The summed E-state index contributed by atoms with van der Waals surface area (Å²) in [5.74, 6) is -0.152. The number of hydrogen-bond donors (Lipinski definition) is 0. The summed E-state index contributed by atoms with van der Waals surface area (Å²) < 4.78 is 22.1. The number of rotatable bonds is 14. The summed E-state index contributed by atoms with van der Waals surface area (Å²) in [6.07, 6.45) is 0. The Morgan fingerprint density at radius 2 is 0.816 bits per heavy atom. The lowest BCUT2D eigenvalue weighted by Gasteiger charge is -2.37. The zero-order valence-corrected chi connectivity index (χ0v) is 45.2. The lowest BCUT2D eigenvalue weighted by molar-refractivity contribution is -0.133. The van der Waals surface area contributed by atoms with Crippen LogP contribution in [0, 0.1) is 0 Å². The third-order valence-corrected chi connectivity index (χ3v) is 15.5. The van der Waals surface area contributed by atoms with Crippen LogP contribution in [0.25, 0.3) is 22.3 Å². The van der Waals surface area contributed by atoms with Gasteiger partial charge in [-0.05, 0) is 45.5 Å². The maximum atomic E-state index is 13.7. The highest BCUT2D eigenvalue weighted by molar-refractivity contribution is 6.43. The van der Waals surface area contributed by atoms with E-state index in [1.807, 2.05) is 36.4 Å². The van der Waals surface area contributed by atoms with Crippen molar-refractivity contribution >= 4 is 81.4 Å². The molecule has 0 radical (unpaired) electrons. The van der Waals surface area contributed by atoms with Gasteiger partial charge in [0, 0.05) is 65.5 Å². The number of fused-ring (bicyclic) bond motifs is 2. The van der Waals surface area contributed by atoms with Crippen LogP contribution in [-0.2, 0) is 28.7 Å². The molecule has 0 saturated carbocycles. The van der Waals surface area contributed by atoms with Crippen LogP contribution in [0.5, 0.6) is 11.5 Å². The number of ether oxygens (including phenoxy) is 4. The fourth-order valence-electron chi connectivity index (χ4n) is 9.60. The summed E-state index contributed by atoms with van der Waals surface area (Å²) in [6.45, 7) is 6.58. The van der Waals surface area contributed by atoms with Gasteiger partial charge < -0.3 is 28.7 Å². The Hall–Kier alpha value is -6.20. The van der Waals surface area contributed by atoms with Gasteiger partial charge in [-0.2, -0.15) is 0 Å². The number of amides is 4.